The summed E-state index contributed by atoms with van der Waals surface area (Å²) in [6, 6.07) is -0.353. The second-order valence-electron chi connectivity index (χ2n) is 11.3. The highest BCUT2D eigenvalue weighted by Gasteiger charge is 2.61. The molecule has 3 rings (SSSR count). The summed E-state index contributed by atoms with van der Waals surface area (Å²) in [6.45, 7) is 20.7. The second-order valence-corrected chi connectivity index (χ2v) is 20.2. The minimum atomic E-state index is -2.84. The molecule has 0 bridgehead atoms. The molecule has 35 heavy (non-hydrogen) atoms. The number of nitrogens with zero attached hydrogens (tertiary/aromatic N) is 2. The SMILES string of the molecule is CC(=O)N1[C@@H]2CO[Si](C(C)C)(C(C)C)O[Si](C(C)C)(C(C)C)O[C@H]2C[C@@H]1n1cc(C)c(=O)[nH]c1=O. The lowest BCUT2D eigenvalue weighted by Crippen LogP contribution is -2.65. The van der Waals surface area contributed by atoms with Crippen LogP contribution in [-0.4, -0.2) is 56.2 Å². The molecule has 2 aliphatic heterocycles. The third-order valence-corrected chi connectivity index (χ3v) is 18.0. The van der Waals surface area contributed by atoms with E-state index in [4.69, 9.17) is 13.0 Å². The number of amides is 1. The molecule has 1 amide bonds. The largest absolute Gasteiger partial charge is 0.414 e. The van der Waals surface area contributed by atoms with E-state index >= 15 is 0 Å². The fraction of sp³-hybridized carbons (Fsp3) is 0.792. The molecule has 0 radical (unpaired) electrons. The maximum atomic E-state index is 13.0. The molecule has 3 atom stereocenters. The van der Waals surface area contributed by atoms with Gasteiger partial charge in [0.1, 0.15) is 6.17 Å². The van der Waals surface area contributed by atoms with Gasteiger partial charge in [0.05, 0.1) is 18.8 Å². The van der Waals surface area contributed by atoms with E-state index in [9.17, 15) is 14.4 Å². The Bertz CT molecular complexity index is 1030. The Morgan fingerprint density at radius 2 is 1.54 bits per heavy atom. The molecule has 11 heteroatoms. The highest BCUT2D eigenvalue weighted by molar-refractivity contribution is 6.84. The molecule has 3 heterocycles. The minimum absolute atomic E-state index is 0.158. The van der Waals surface area contributed by atoms with Crippen molar-refractivity contribution in [2.45, 2.75) is 116 Å². The number of fused-ring (bicyclic) bond motifs is 1. The van der Waals surface area contributed by atoms with Gasteiger partial charge < -0.3 is 17.9 Å². The summed E-state index contributed by atoms with van der Waals surface area (Å²) < 4.78 is 22.6. The van der Waals surface area contributed by atoms with Gasteiger partial charge >= 0.3 is 22.8 Å². The summed E-state index contributed by atoms with van der Waals surface area (Å²) >= 11 is 0. The van der Waals surface area contributed by atoms with Crippen molar-refractivity contribution < 1.29 is 17.8 Å². The van der Waals surface area contributed by atoms with E-state index in [1.807, 2.05) is 0 Å². The first kappa shape index (κ1) is 28.0. The van der Waals surface area contributed by atoms with Crippen LogP contribution in [0, 0.1) is 6.92 Å². The van der Waals surface area contributed by atoms with Crippen LogP contribution < -0.4 is 11.2 Å². The summed E-state index contributed by atoms with van der Waals surface area (Å²) in [5.74, 6) is -0.158. The number of H-pyrrole nitrogens is 1. The lowest BCUT2D eigenvalue weighted by Gasteiger charge is -2.51. The van der Waals surface area contributed by atoms with Crippen LogP contribution >= 0.6 is 0 Å². The van der Waals surface area contributed by atoms with Crippen molar-refractivity contribution in [1.29, 1.82) is 0 Å². The van der Waals surface area contributed by atoms with Gasteiger partial charge in [-0.15, -0.1) is 0 Å². The van der Waals surface area contributed by atoms with Crippen molar-refractivity contribution >= 4 is 23.0 Å². The number of rotatable bonds is 5. The number of aromatic amines is 1. The number of nitrogens with one attached hydrogen (secondary N) is 1. The molecule has 9 nitrogen and oxygen atoms in total. The van der Waals surface area contributed by atoms with Crippen LogP contribution in [0.4, 0.5) is 0 Å². The van der Waals surface area contributed by atoms with Gasteiger partial charge in [-0.2, -0.15) is 0 Å². The fourth-order valence-electron chi connectivity index (χ4n) is 5.86. The molecule has 1 aromatic heterocycles. The molecular formula is C24H43N3O6Si2. The van der Waals surface area contributed by atoms with Crippen LogP contribution in [-0.2, 0) is 17.8 Å². The average molecular weight is 526 g/mol. The molecule has 0 unspecified atom stereocenters. The van der Waals surface area contributed by atoms with Crippen LogP contribution in [0.5, 0.6) is 0 Å². The molecule has 0 saturated carbocycles. The zero-order valence-corrected chi connectivity index (χ0v) is 24.9. The third-order valence-electron chi connectivity index (χ3n) is 7.73. The number of hydrogen-bond donors (Lipinski definition) is 1. The van der Waals surface area contributed by atoms with Crippen molar-refractivity contribution in [3.8, 4) is 0 Å². The maximum absolute atomic E-state index is 13.0. The molecular weight excluding hydrogens is 482 g/mol. The Labute approximate surface area is 210 Å². The van der Waals surface area contributed by atoms with Crippen LogP contribution in [0.2, 0.25) is 22.2 Å². The monoisotopic (exact) mass is 525 g/mol. The minimum Gasteiger partial charge on any atom is -0.414 e. The predicted octanol–water partition coefficient (Wildman–Crippen LogP) is 3.92. The van der Waals surface area contributed by atoms with Crippen LogP contribution in [0.15, 0.2) is 15.8 Å². The number of aryl methyl sites for hydroxylation is 1. The first-order valence-corrected chi connectivity index (χ1v) is 16.7. The van der Waals surface area contributed by atoms with Crippen LogP contribution in [0.1, 0.15) is 80.5 Å². The topological polar surface area (TPSA) is 103 Å². The van der Waals surface area contributed by atoms with Crippen molar-refractivity contribution in [3.05, 3.63) is 32.6 Å². The van der Waals surface area contributed by atoms with E-state index in [1.165, 1.54) is 17.7 Å². The number of hydrogen-bond acceptors (Lipinski definition) is 6. The van der Waals surface area contributed by atoms with E-state index in [0.29, 0.717) is 18.6 Å². The Balaban J connectivity index is 2.18. The quantitative estimate of drug-likeness (QED) is 0.585. The number of likely N-dealkylation sites (tertiary alicyclic amines) is 1. The molecule has 1 N–H and O–H groups in total. The fourth-order valence-corrected chi connectivity index (χ4v) is 17.1. The third kappa shape index (κ3) is 4.77. The zero-order chi connectivity index (χ0) is 26.5. The summed E-state index contributed by atoms with van der Waals surface area (Å²) in [4.78, 5) is 41.9. The second kappa shape index (κ2) is 10.1. The first-order valence-electron chi connectivity index (χ1n) is 12.8. The molecule has 0 aliphatic carbocycles. The van der Waals surface area contributed by atoms with Gasteiger partial charge in [0, 0.05) is 25.1 Å². The van der Waals surface area contributed by atoms with Gasteiger partial charge in [0.25, 0.3) is 5.56 Å². The van der Waals surface area contributed by atoms with Crippen LogP contribution in [0.3, 0.4) is 0 Å². The van der Waals surface area contributed by atoms with Crippen molar-refractivity contribution in [2.24, 2.45) is 0 Å². The predicted molar refractivity (Wildman–Crippen MR) is 140 cm³/mol. The Hall–Kier alpha value is -1.54. The Morgan fingerprint density at radius 1 is 1.00 bits per heavy atom. The Kier molecular flexibility index (Phi) is 8.08. The lowest BCUT2D eigenvalue weighted by molar-refractivity contribution is -0.135. The summed E-state index contributed by atoms with van der Waals surface area (Å²) in [6.07, 6.45) is 1.04. The molecule has 2 fully saturated rings. The molecule has 2 saturated heterocycles. The molecule has 0 aromatic carbocycles. The first-order chi connectivity index (χ1) is 16.2. The average Bonchev–Trinajstić information content (AvgIpc) is 3.07. The zero-order valence-electron chi connectivity index (χ0n) is 22.9. The normalized spacial score (nSPS) is 26.3. The number of aromatic nitrogens is 2. The van der Waals surface area contributed by atoms with Gasteiger partial charge in [0.15, 0.2) is 0 Å². The maximum Gasteiger partial charge on any atom is 0.335 e. The van der Waals surface area contributed by atoms with Crippen molar-refractivity contribution in [2.75, 3.05) is 6.61 Å². The summed E-state index contributed by atoms with van der Waals surface area (Å²) in [5, 5.41) is 0. The summed E-state index contributed by atoms with van der Waals surface area (Å²) in [5.41, 5.74) is 0.172. The molecule has 198 valence electrons. The molecule has 1 aromatic rings. The van der Waals surface area contributed by atoms with Gasteiger partial charge in [-0.25, -0.2) is 4.79 Å². The molecule has 2 aliphatic rings. The number of carbonyl (C=O) groups is 1. The van der Waals surface area contributed by atoms with Crippen molar-refractivity contribution in [3.63, 3.8) is 0 Å². The van der Waals surface area contributed by atoms with E-state index in [2.05, 4.69) is 60.4 Å². The van der Waals surface area contributed by atoms with E-state index in [1.54, 1.807) is 11.8 Å². The molecule has 0 spiro atoms. The van der Waals surface area contributed by atoms with Crippen molar-refractivity contribution in [1.82, 2.24) is 14.5 Å². The number of carbonyl (C=O) groups excluding carboxylic acids is 1. The van der Waals surface area contributed by atoms with Gasteiger partial charge in [-0.1, -0.05) is 55.4 Å². The smallest absolute Gasteiger partial charge is 0.335 e. The highest BCUT2D eigenvalue weighted by atomic mass is 28.5. The Morgan fingerprint density at radius 3 is 2.03 bits per heavy atom. The van der Waals surface area contributed by atoms with Crippen LogP contribution in [0.25, 0.3) is 0 Å². The van der Waals surface area contributed by atoms with E-state index < -0.39 is 34.5 Å². The lowest BCUT2D eigenvalue weighted by atomic mass is 10.2. The van der Waals surface area contributed by atoms with E-state index in [-0.39, 0.29) is 40.2 Å². The highest BCUT2D eigenvalue weighted by Crippen LogP contribution is 2.48. The van der Waals surface area contributed by atoms with Gasteiger partial charge in [-0.3, -0.25) is 19.1 Å². The standard InChI is InChI=1S/C24H43N3O6Si2/c1-14(2)34(15(3)4)31-13-20-21(32-35(33-34,16(5)6)17(7)8)11-22(27(20)19(10)28)26-12-18(9)23(29)25-24(26)30/h12,14-17,20-22H,11,13H2,1-10H3,(H,25,29,30)/t20-,21+,22-/m1/s1. The van der Waals surface area contributed by atoms with Gasteiger partial charge in [0.2, 0.25) is 5.91 Å². The van der Waals surface area contributed by atoms with E-state index in [0.717, 1.165) is 0 Å². The van der Waals surface area contributed by atoms with Gasteiger partial charge in [-0.05, 0) is 29.1 Å². The summed E-state index contributed by atoms with van der Waals surface area (Å²) in [7, 11) is -5.59.